The van der Waals surface area contributed by atoms with Gasteiger partial charge in [-0.15, -0.1) is 0 Å². The Kier molecular flexibility index (Phi) is 7.75. The molecule has 0 fully saturated rings. The summed E-state index contributed by atoms with van der Waals surface area (Å²) < 4.78 is 36.1. The number of nitrogens with zero attached hydrogens (tertiary/aromatic N) is 1. The molecule has 0 spiro atoms. The van der Waals surface area contributed by atoms with Crippen molar-refractivity contribution in [3.8, 4) is 0 Å². The summed E-state index contributed by atoms with van der Waals surface area (Å²) in [6.45, 7) is 4.36. The van der Waals surface area contributed by atoms with Crippen LogP contribution in [-0.2, 0) is 15.6 Å². The predicted molar refractivity (Wildman–Crippen MR) is 112 cm³/mol. The van der Waals surface area contributed by atoms with Crippen molar-refractivity contribution < 1.29 is 22.7 Å². The summed E-state index contributed by atoms with van der Waals surface area (Å²) in [4.78, 5) is 14.3. The number of benzene rings is 2. The number of rotatable bonds is 8. The minimum Gasteiger partial charge on any atom is -0.387 e. The third kappa shape index (κ3) is 7.83. The van der Waals surface area contributed by atoms with Crippen molar-refractivity contribution in [1.82, 2.24) is 4.90 Å². The van der Waals surface area contributed by atoms with Crippen molar-refractivity contribution >= 4 is 21.6 Å². The average molecular weight is 423 g/mol. The van der Waals surface area contributed by atoms with Crippen LogP contribution in [0.5, 0.6) is 0 Å². The maximum atomic E-state index is 13.1. The van der Waals surface area contributed by atoms with Crippen LogP contribution in [0.1, 0.15) is 31.1 Å². The lowest BCUT2D eigenvalue weighted by atomic mass is 10.1. The van der Waals surface area contributed by atoms with Crippen LogP contribution < -0.4 is 5.32 Å². The number of urea groups is 1. The highest BCUT2D eigenvalue weighted by Crippen LogP contribution is 2.18. The van der Waals surface area contributed by atoms with E-state index in [4.69, 9.17) is 0 Å². The molecule has 0 aliphatic heterocycles. The van der Waals surface area contributed by atoms with Gasteiger partial charge in [-0.2, -0.15) is 0 Å². The Balaban J connectivity index is 2.12. The number of carbonyl (C=O) groups excluding carboxylic acids is 1. The molecule has 8 heteroatoms. The Morgan fingerprint density at radius 1 is 1.14 bits per heavy atom. The third-order valence-corrected chi connectivity index (χ3v) is 4.99. The highest BCUT2D eigenvalue weighted by Gasteiger charge is 2.20. The van der Waals surface area contributed by atoms with E-state index in [1.807, 2.05) is 13.8 Å². The van der Waals surface area contributed by atoms with Gasteiger partial charge in [-0.05, 0) is 41.3 Å². The molecular formula is C21H27FN2O4S. The van der Waals surface area contributed by atoms with Crippen molar-refractivity contribution in [2.24, 2.45) is 5.92 Å². The lowest BCUT2D eigenvalue weighted by molar-refractivity contribution is 0.121. The molecule has 158 valence electrons. The molecule has 29 heavy (non-hydrogen) atoms. The first kappa shape index (κ1) is 22.8. The summed E-state index contributed by atoms with van der Waals surface area (Å²) in [5, 5.41) is 13.2. The zero-order valence-electron chi connectivity index (χ0n) is 16.8. The van der Waals surface area contributed by atoms with E-state index in [-0.39, 0.29) is 18.2 Å². The molecule has 0 radical (unpaired) electrons. The molecule has 0 bridgehead atoms. The molecule has 0 aromatic heterocycles. The summed E-state index contributed by atoms with van der Waals surface area (Å²) >= 11 is 0. The van der Waals surface area contributed by atoms with Gasteiger partial charge in [0.25, 0.3) is 0 Å². The van der Waals surface area contributed by atoms with Crippen LogP contribution >= 0.6 is 0 Å². The van der Waals surface area contributed by atoms with Crippen LogP contribution in [0.3, 0.4) is 0 Å². The lowest BCUT2D eigenvalue weighted by Crippen LogP contribution is -2.40. The Labute approximate surface area is 171 Å². The van der Waals surface area contributed by atoms with E-state index in [0.717, 1.165) is 6.26 Å². The number of anilines is 1. The second-order valence-corrected chi connectivity index (χ2v) is 9.71. The zero-order chi connectivity index (χ0) is 21.6. The van der Waals surface area contributed by atoms with E-state index >= 15 is 0 Å². The van der Waals surface area contributed by atoms with Gasteiger partial charge in [0.2, 0.25) is 0 Å². The maximum absolute atomic E-state index is 13.1. The number of sulfone groups is 1. The third-order valence-electron chi connectivity index (χ3n) is 4.13. The number of carbonyl (C=O) groups is 1. The standard InChI is InChI=1S/C21H27FN2O4S/c1-15(2)12-24(13-20(25)17-7-9-18(22)10-8-17)21(26)23-19-6-4-5-16(11-19)14-29(3,27)28/h4-11,15,20,25H,12-14H2,1-3H3,(H,23,26)/t20-/m0/s1. The second kappa shape index (κ2) is 9.84. The normalized spacial score (nSPS) is 12.6. The minimum atomic E-state index is -3.19. The van der Waals surface area contributed by atoms with E-state index in [2.05, 4.69) is 5.32 Å². The fraction of sp³-hybridized carbons (Fsp3) is 0.381. The predicted octanol–water partition coefficient (Wildman–Crippen LogP) is 3.59. The highest BCUT2D eigenvalue weighted by atomic mass is 32.2. The summed E-state index contributed by atoms with van der Waals surface area (Å²) in [5.41, 5.74) is 1.57. The molecule has 6 nitrogen and oxygen atoms in total. The van der Waals surface area contributed by atoms with Gasteiger partial charge in [0, 0.05) is 18.5 Å². The van der Waals surface area contributed by atoms with Gasteiger partial charge in [0.15, 0.2) is 9.84 Å². The molecule has 0 saturated heterocycles. The minimum absolute atomic E-state index is 0.0404. The molecule has 2 N–H and O–H groups in total. The molecule has 2 amide bonds. The molecule has 0 aliphatic carbocycles. The summed E-state index contributed by atoms with van der Waals surface area (Å²) in [6, 6.07) is 11.7. The van der Waals surface area contributed by atoms with Crippen LogP contribution in [0.4, 0.5) is 14.9 Å². The van der Waals surface area contributed by atoms with E-state index in [1.54, 1.807) is 24.3 Å². The fourth-order valence-corrected chi connectivity index (χ4v) is 3.71. The summed E-state index contributed by atoms with van der Waals surface area (Å²) in [6.07, 6.45) is 0.191. The van der Waals surface area contributed by atoms with Crippen LogP contribution in [0, 0.1) is 11.7 Å². The Morgan fingerprint density at radius 2 is 1.79 bits per heavy atom. The Hall–Kier alpha value is -2.45. The molecule has 2 aromatic carbocycles. The monoisotopic (exact) mass is 422 g/mol. The van der Waals surface area contributed by atoms with Gasteiger partial charge < -0.3 is 15.3 Å². The van der Waals surface area contributed by atoms with Gasteiger partial charge in [0.1, 0.15) is 5.82 Å². The number of aliphatic hydroxyl groups excluding tert-OH is 1. The smallest absolute Gasteiger partial charge is 0.321 e. The zero-order valence-corrected chi connectivity index (χ0v) is 17.6. The lowest BCUT2D eigenvalue weighted by Gasteiger charge is -2.27. The molecule has 2 rings (SSSR count). The largest absolute Gasteiger partial charge is 0.387 e. The van der Waals surface area contributed by atoms with Gasteiger partial charge in [-0.1, -0.05) is 38.1 Å². The number of amides is 2. The first-order valence-electron chi connectivity index (χ1n) is 9.29. The molecular weight excluding hydrogens is 395 g/mol. The van der Waals surface area contributed by atoms with Gasteiger partial charge >= 0.3 is 6.03 Å². The average Bonchev–Trinajstić information content (AvgIpc) is 2.60. The fourth-order valence-electron chi connectivity index (χ4n) is 2.92. The first-order valence-corrected chi connectivity index (χ1v) is 11.4. The summed E-state index contributed by atoms with van der Waals surface area (Å²) in [5.74, 6) is -0.347. The Bertz CT molecular complexity index is 930. The number of aliphatic hydroxyl groups is 1. The van der Waals surface area contributed by atoms with Crippen molar-refractivity contribution in [2.75, 3.05) is 24.7 Å². The van der Waals surface area contributed by atoms with Crippen LogP contribution in [-0.4, -0.2) is 43.8 Å². The van der Waals surface area contributed by atoms with E-state index in [9.17, 15) is 22.7 Å². The molecule has 0 saturated carbocycles. The topological polar surface area (TPSA) is 86.7 Å². The highest BCUT2D eigenvalue weighted by molar-refractivity contribution is 7.89. The first-order chi connectivity index (χ1) is 13.5. The number of nitrogens with one attached hydrogen (secondary N) is 1. The van der Waals surface area contributed by atoms with E-state index < -0.39 is 27.8 Å². The maximum Gasteiger partial charge on any atom is 0.321 e. The van der Waals surface area contributed by atoms with Crippen LogP contribution in [0.25, 0.3) is 0 Å². The van der Waals surface area contributed by atoms with Crippen LogP contribution in [0.2, 0.25) is 0 Å². The van der Waals surface area contributed by atoms with Crippen molar-refractivity contribution in [3.63, 3.8) is 0 Å². The summed E-state index contributed by atoms with van der Waals surface area (Å²) in [7, 11) is -3.19. The van der Waals surface area contributed by atoms with Gasteiger partial charge in [0.05, 0.1) is 18.4 Å². The molecule has 2 aromatic rings. The number of hydrogen-bond acceptors (Lipinski definition) is 4. The van der Waals surface area contributed by atoms with E-state index in [0.29, 0.717) is 23.4 Å². The number of hydrogen-bond donors (Lipinski definition) is 2. The van der Waals surface area contributed by atoms with Crippen molar-refractivity contribution in [1.29, 1.82) is 0 Å². The molecule has 0 aliphatic rings. The van der Waals surface area contributed by atoms with Crippen molar-refractivity contribution in [2.45, 2.75) is 25.7 Å². The Morgan fingerprint density at radius 3 is 2.38 bits per heavy atom. The second-order valence-electron chi connectivity index (χ2n) is 7.57. The molecule has 0 unspecified atom stereocenters. The van der Waals surface area contributed by atoms with Gasteiger partial charge in [-0.3, -0.25) is 0 Å². The van der Waals surface area contributed by atoms with Crippen LogP contribution in [0.15, 0.2) is 48.5 Å². The van der Waals surface area contributed by atoms with Gasteiger partial charge in [-0.25, -0.2) is 17.6 Å². The molecule has 0 heterocycles. The molecule has 1 atom stereocenters. The number of halogens is 1. The quantitative estimate of drug-likeness (QED) is 0.681. The van der Waals surface area contributed by atoms with E-state index in [1.165, 1.54) is 29.2 Å². The SMILES string of the molecule is CC(C)CN(C[C@H](O)c1ccc(F)cc1)C(=O)Nc1cccc(CS(C)(=O)=O)c1. The van der Waals surface area contributed by atoms with Crippen molar-refractivity contribution in [3.05, 3.63) is 65.5 Å².